The quantitative estimate of drug-likeness (QED) is 0.816. The minimum atomic E-state index is 0.140. The Labute approximate surface area is 100 Å². The standard InChI is InChI=1S/C12H18N2OS/c1-7-5-14(6-8(7)2)12(15)11-4-10(13)9(3)16-11/h4,7-8H,5-6,13H2,1-3H3. The number of nitrogens with two attached hydrogens (primary N) is 1. The van der Waals surface area contributed by atoms with Crippen LogP contribution in [-0.4, -0.2) is 23.9 Å². The lowest BCUT2D eigenvalue weighted by atomic mass is 10.0. The molecule has 1 saturated heterocycles. The van der Waals surface area contributed by atoms with Gasteiger partial charge in [-0.15, -0.1) is 11.3 Å². The Hall–Kier alpha value is -1.03. The minimum Gasteiger partial charge on any atom is -0.398 e. The fourth-order valence-electron chi connectivity index (χ4n) is 2.05. The number of carbonyl (C=O) groups excluding carboxylic acids is 1. The van der Waals surface area contributed by atoms with Crippen LogP contribution in [0.3, 0.4) is 0 Å². The smallest absolute Gasteiger partial charge is 0.264 e. The number of anilines is 1. The Balaban J connectivity index is 2.14. The minimum absolute atomic E-state index is 0.140. The first kappa shape index (κ1) is 11.5. The number of amides is 1. The molecule has 1 aromatic heterocycles. The van der Waals surface area contributed by atoms with Crippen molar-refractivity contribution in [3.05, 3.63) is 15.8 Å². The lowest BCUT2D eigenvalue weighted by molar-refractivity contribution is 0.0790. The van der Waals surface area contributed by atoms with Gasteiger partial charge < -0.3 is 10.6 Å². The number of rotatable bonds is 1. The number of carbonyl (C=O) groups is 1. The van der Waals surface area contributed by atoms with E-state index in [1.165, 1.54) is 11.3 Å². The van der Waals surface area contributed by atoms with Gasteiger partial charge in [-0.2, -0.15) is 0 Å². The van der Waals surface area contributed by atoms with Crippen LogP contribution in [-0.2, 0) is 0 Å². The zero-order valence-corrected chi connectivity index (χ0v) is 10.8. The van der Waals surface area contributed by atoms with Crippen LogP contribution in [0.2, 0.25) is 0 Å². The molecule has 4 heteroatoms. The fourth-order valence-corrected chi connectivity index (χ4v) is 2.96. The maximum absolute atomic E-state index is 12.2. The van der Waals surface area contributed by atoms with E-state index in [0.717, 1.165) is 28.5 Å². The van der Waals surface area contributed by atoms with E-state index in [4.69, 9.17) is 5.73 Å². The maximum atomic E-state index is 12.2. The summed E-state index contributed by atoms with van der Waals surface area (Å²) in [5.74, 6) is 1.34. The van der Waals surface area contributed by atoms with Gasteiger partial charge in [0.1, 0.15) is 0 Å². The van der Waals surface area contributed by atoms with Crippen LogP contribution in [0.15, 0.2) is 6.07 Å². The lowest BCUT2D eigenvalue weighted by Gasteiger charge is -2.14. The zero-order valence-electron chi connectivity index (χ0n) is 9.99. The molecule has 1 aliphatic heterocycles. The van der Waals surface area contributed by atoms with Crippen molar-refractivity contribution in [1.29, 1.82) is 0 Å². The predicted octanol–water partition coefficient (Wildman–Crippen LogP) is 2.37. The molecule has 2 rings (SSSR count). The average molecular weight is 238 g/mol. The van der Waals surface area contributed by atoms with Crippen molar-refractivity contribution in [1.82, 2.24) is 4.90 Å². The fraction of sp³-hybridized carbons (Fsp3) is 0.583. The molecule has 1 amide bonds. The van der Waals surface area contributed by atoms with Crippen LogP contribution in [0.1, 0.15) is 28.4 Å². The lowest BCUT2D eigenvalue weighted by Crippen LogP contribution is -2.28. The largest absolute Gasteiger partial charge is 0.398 e. The van der Waals surface area contributed by atoms with Gasteiger partial charge in [-0.05, 0) is 24.8 Å². The number of likely N-dealkylation sites (tertiary alicyclic amines) is 1. The first-order valence-electron chi connectivity index (χ1n) is 5.64. The molecule has 1 aliphatic rings. The summed E-state index contributed by atoms with van der Waals surface area (Å²) in [5, 5.41) is 0. The Morgan fingerprint density at radius 1 is 1.44 bits per heavy atom. The highest BCUT2D eigenvalue weighted by atomic mass is 32.1. The molecule has 1 aromatic rings. The van der Waals surface area contributed by atoms with Gasteiger partial charge in [0.05, 0.1) is 4.88 Å². The predicted molar refractivity (Wildman–Crippen MR) is 67.7 cm³/mol. The van der Waals surface area contributed by atoms with E-state index < -0.39 is 0 Å². The Morgan fingerprint density at radius 3 is 2.44 bits per heavy atom. The highest BCUT2D eigenvalue weighted by Crippen LogP contribution is 2.28. The SMILES string of the molecule is Cc1sc(C(=O)N2CC(C)C(C)C2)cc1N. The number of nitrogen functional groups attached to an aromatic ring is 1. The Bertz CT molecular complexity index is 384. The number of hydrogen-bond donors (Lipinski definition) is 1. The van der Waals surface area contributed by atoms with E-state index in [-0.39, 0.29) is 5.91 Å². The normalized spacial score (nSPS) is 25.1. The Morgan fingerprint density at radius 2 is 2.00 bits per heavy atom. The maximum Gasteiger partial charge on any atom is 0.264 e. The molecule has 0 radical (unpaired) electrons. The third kappa shape index (κ3) is 1.94. The molecule has 0 aromatic carbocycles. The van der Waals surface area contributed by atoms with Gasteiger partial charge in [0, 0.05) is 23.7 Å². The number of aryl methyl sites for hydroxylation is 1. The van der Waals surface area contributed by atoms with Gasteiger partial charge in [-0.1, -0.05) is 13.8 Å². The zero-order chi connectivity index (χ0) is 11.9. The van der Waals surface area contributed by atoms with Crippen molar-refractivity contribution in [3.63, 3.8) is 0 Å². The second-order valence-electron chi connectivity index (χ2n) is 4.79. The van der Waals surface area contributed by atoms with Crippen molar-refractivity contribution < 1.29 is 4.79 Å². The summed E-state index contributed by atoms with van der Waals surface area (Å²) < 4.78 is 0. The molecule has 0 aliphatic carbocycles. The molecule has 0 saturated carbocycles. The molecule has 16 heavy (non-hydrogen) atoms. The summed E-state index contributed by atoms with van der Waals surface area (Å²) in [5.41, 5.74) is 6.50. The molecule has 3 nitrogen and oxygen atoms in total. The second kappa shape index (κ2) is 4.09. The monoisotopic (exact) mass is 238 g/mol. The van der Waals surface area contributed by atoms with E-state index in [0.29, 0.717) is 11.8 Å². The van der Waals surface area contributed by atoms with Gasteiger partial charge >= 0.3 is 0 Å². The average Bonchev–Trinajstić information content (AvgIpc) is 2.72. The highest BCUT2D eigenvalue weighted by molar-refractivity contribution is 7.14. The summed E-state index contributed by atoms with van der Waals surface area (Å²) in [6.45, 7) is 8.09. The molecule has 2 atom stereocenters. The summed E-state index contributed by atoms with van der Waals surface area (Å²) in [6.07, 6.45) is 0. The van der Waals surface area contributed by atoms with Crippen LogP contribution in [0.5, 0.6) is 0 Å². The molecular weight excluding hydrogens is 220 g/mol. The van der Waals surface area contributed by atoms with E-state index in [9.17, 15) is 4.79 Å². The number of nitrogens with zero attached hydrogens (tertiary/aromatic N) is 1. The van der Waals surface area contributed by atoms with Crippen molar-refractivity contribution in [2.45, 2.75) is 20.8 Å². The molecular formula is C12H18N2OS. The topological polar surface area (TPSA) is 46.3 Å². The van der Waals surface area contributed by atoms with Crippen molar-refractivity contribution in [3.8, 4) is 0 Å². The van der Waals surface area contributed by atoms with Crippen LogP contribution in [0.25, 0.3) is 0 Å². The molecule has 1 fully saturated rings. The van der Waals surface area contributed by atoms with E-state index >= 15 is 0 Å². The summed E-state index contributed by atoms with van der Waals surface area (Å²) in [7, 11) is 0. The second-order valence-corrected chi connectivity index (χ2v) is 6.04. The van der Waals surface area contributed by atoms with E-state index in [1.807, 2.05) is 11.8 Å². The molecule has 88 valence electrons. The number of thiophene rings is 1. The van der Waals surface area contributed by atoms with E-state index in [2.05, 4.69) is 13.8 Å². The van der Waals surface area contributed by atoms with Crippen LogP contribution in [0, 0.1) is 18.8 Å². The summed E-state index contributed by atoms with van der Waals surface area (Å²) >= 11 is 1.50. The first-order chi connectivity index (χ1) is 7.49. The molecule has 2 N–H and O–H groups in total. The third-order valence-electron chi connectivity index (χ3n) is 3.44. The van der Waals surface area contributed by atoms with Crippen molar-refractivity contribution in [2.24, 2.45) is 11.8 Å². The highest BCUT2D eigenvalue weighted by Gasteiger charge is 2.30. The molecule has 2 unspecified atom stereocenters. The molecule has 0 bridgehead atoms. The van der Waals surface area contributed by atoms with Gasteiger partial charge in [0.15, 0.2) is 0 Å². The molecule has 0 spiro atoms. The molecule has 2 heterocycles. The van der Waals surface area contributed by atoms with Crippen molar-refractivity contribution in [2.75, 3.05) is 18.8 Å². The first-order valence-corrected chi connectivity index (χ1v) is 6.46. The van der Waals surface area contributed by atoms with Gasteiger partial charge in [-0.3, -0.25) is 4.79 Å². The van der Waals surface area contributed by atoms with Crippen LogP contribution in [0.4, 0.5) is 5.69 Å². The van der Waals surface area contributed by atoms with E-state index in [1.54, 1.807) is 6.07 Å². The Kier molecular flexibility index (Phi) is 2.93. The van der Waals surface area contributed by atoms with Crippen molar-refractivity contribution >= 4 is 22.9 Å². The summed E-state index contributed by atoms with van der Waals surface area (Å²) in [6, 6.07) is 1.80. The summed E-state index contributed by atoms with van der Waals surface area (Å²) in [4.78, 5) is 15.9. The number of hydrogen-bond acceptors (Lipinski definition) is 3. The third-order valence-corrected chi connectivity index (χ3v) is 4.50. The van der Waals surface area contributed by atoms with Crippen LogP contribution < -0.4 is 5.73 Å². The van der Waals surface area contributed by atoms with Gasteiger partial charge in [0.2, 0.25) is 0 Å². The van der Waals surface area contributed by atoms with Crippen LogP contribution >= 0.6 is 11.3 Å². The van der Waals surface area contributed by atoms with Gasteiger partial charge in [0.25, 0.3) is 5.91 Å². The van der Waals surface area contributed by atoms with Gasteiger partial charge in [-0.25, -0.2) is 0 Å².